The second-order valence-electron chi connectivity index (χ2n) is 8.90. The number of non-ortho nitro benzene ring substituents is 2. The number of anilines is 1. The molecule has 0 unspecified atom stereocenters. The Kier molecular flexibility index (Phi) is 6.83. The predicted octanol–water partition coefficient (Wildman–Crippen LogP) is 4.40. The topological polar surface area (TPSA) is 142 Å². The van der Waals surface area contributed by atoms with Crippen LogP contribution in [0.2, 0.25) is 0 Å². The highest BCUT2D eigenvalue weighted by Crippen LogP contribution is 2.42. The van der Waals surface area contributed by atoms with E-state index < -0.39 is 9.85 Å². The van der Waals surface area contributed by atoms with Crippen molar-refractivity contribution in [2.24, 2.45) is 0 Å². The van der Waals surface area contributed by atoms with Crippen molar-refractivity contribution in [2.45, 2.75) is 49.2 Å². The van der Waals surface area contributed by atoms with Gasteiger partial charge in [0.15, 0.2) is 11.0 Å². The molecule has 3 aromatic rings. The smallest absolute Gasteiger partial charge is 0.276 e. The lowest BCUT2D eigenvalue weighted by molar-refractivity contribution is -0.394. The molecule has 1 saturated carbocycles. The van der Waals surface area contributed by atoms with E-state index in [9.17, 15) is 20.2 Å². The number of thioether (sulfide) groups is 1. The minimum Gasteiger partial charge on any atom is -0.375 e. The van der Waals surface area contributed by atoms with E-state index in [4.69, 9.17) is 4.74 Å². The van der Waals surface area contributed by atoms with E-state index in [2.05, 4.69) is 37.6 Å². The monoisotopic (exact) mass is 511 g/mol. The molecule has 2 aliphatic rings. The molecule has 0 radical (unpaired) electrons. The van der Waals surface area contributed by atoms with Gasteiger partial charge in [0.05, 0.1) is 33.9 Å². The van der Waals surface area contributed by atoms with Crippen molar-refractivity contribution in [1.82, 2.24) is 19.7 Å². The van der Waals surface area contributed by atoms with E-state index in [0.717, 1.165) is 62.1 Å². The van der Waals surface area contributed by atoms with Gasteiger partial charge in [-0.1, -0.05) is 18.7 Å². The summed E-state index contributed by atoms with van der Waals surface area (Å²) in [4.78, 5) is 27.8. The van der Waals surface area contributed by atoms with Gasteiger partial charge in [-0.3, -0.25) is 29.8 Å². The number of hydrogen-bond donors (Lipinski definition) is 0. The molecular formula is C23H25N7O5S. The minimum atomic E-state index is -0.623. The highest BCUT2D eigenvalue weighted by atomic mass is 32.2. The van der Waals surface area contributed by atoms with Gasteiger partial charge in [-0.05, 0) is 30.9 Å². The number of rotatable bonds is 11. The van der Waals surface area contributed by atoms with Gasteiger partial charge in [0, 0.05) is 55.4 Å². The standard InChI is InChI=1S/C23H25N7O5S/c1-2-5-35-21-12-27(13-21)20-8-16(10-24-11-20)22-25-26-23(28(22)17-3-4-17)36-14-15-6-18(29(31)32)9-19(7-15)30(33)34/h6-11,17,21H,2-5,12-14H2,1H3. The highest BCUT2D eigenvalue weighted by molar-refractivity contribution is 7.98. The highest BCUT2D eigenvalue weighted by Gasteiger charge is 2.32. The van der Waals surface area contributed by atoms with Crippen LogP contribution in [0.15, 0.2) is 41.8 Å². The number of hydrogen-bond acceptors (Lipinski definition) is 10. The molecule has 3 heterocycles. The fourth-order valence-corrected chi connectivity index (χ4v) is 5.03. The summed E-state index contributed by atoms with van der Waals surface area (Å²) in [6, 6.07) is 6.02. The summed E-state index contributed by atoms with van der Waals surface area (Å²) in [5.41, 5.74) is 1.74. The van der Waals surface area contributed by atoms with Crippen LogP contribution in [0.1, 0.15) is 37.8 Å². The maximum atomic E-state index is 11.2. The number of nitrogens with zero attached hydrogens (tertiary/aromatic N) is 7. The van der Waals surface area contributed by atoms with Crippen LogP contribution in [-0.2, 0) is 10.5 Å². The summed E-state index contributed by atoms with van der Waals surface area (Å²) >= 11 is 1.36. The summed E-state index contributed by atoms with van der Waals surface area (Å²) < 4.78 is 7.88. The maximum Gasteiger partial charge on any atom is 0.276 e. The molecule has 0 bridgehead atoms. The zero-order chi connectivity index (χ0) is 25.2. The number of benzene rings is 1. The predicted molar refractivity (Wildman–Crippen MR) is 133 cm³/mol. The number of aromatic nitrogens is 4. The second kappa shape index (κ2) is 10.2. The largest absolute Gasteiger partial charge is 0.375 e. The fraction of sp³-hybridized carbons (Fsp3) is 0.435. The Bertz CT molecular complexity index is 1260. The quantitative estimate of drug-likeness (QED) is 0.206. The van der Waals surface area contributed by atoms with Crippen LogP contribution in [0.25, 0.3) is 11.4 Å². The van der Waals surface area contributed by atoms with Crippen molar-refractivity contribution in [1.29, 1.82) is 0 Å². The van der Waals surface area contributed by atoms with Gasteiger partial charge in [0.25, 0.3) is 11.4 Å². The normalized spacial score (nSPS) is 15.6. The average molecular weight is 512 g/mol. The van der Waals surface area contributed by atoms with Gasteiger partial charge >= 0.3 is 0 Å². The van der Waals surface area contributed by atoms with Crippen molar-refractivity contribution in [3.8, 4) is 11.4 Å². The lowest BCUT2D eigenvalue weighted by atomic mass is 10.1. The van der Waals surface area contributed by atoms with Crippen LogP contribution in [-0.4, -0.2) is 55.4 Å². The van der Waals surface area contributed by atoms with Gasteiger partial charge in [-0.2, -0.15) is 0 Å². The van der Waals surface area contributed by atoms with E-state index in [0.29, 0.717) is 16.5 Å². The summed E-state index contributed by atoms with van der Waals surface area (Å²) in [5, 5.41) is 31.9. The average Bonchev–Trinajstić information content (AvgIpc) is 3.60. The first kappa shape index (κ1) is 24.1. The lowest BCUT2D eigenvalue weighted by Crippen LogP contribution is -2.52. The Balaban J connectivity index is 1.35. The molecule has 13 heteroatoms. The van der Waals surface area contributed by atoms with Gasteiger partial charge in [0.2, 0.25) is 0 Å². The number of ether oxygens (including phenoxy) is 1. The van der Waals surface area contributed by atoms with E-state index in [-0.39, 0.29) is 23.5 Å². The Morgan fingerprint density at radius 1 is 1.06 bits per heavy atom. The molecule has 1 saturated heterocycles. The SMILES string of the molecule is CCCOC1CN(c2cncc(-c3nnc(SCc4cc([N+](=O)[O-])cc([N+](=O)[O-])c4)n3C3CC3)c2)C1. The molecule has 2 aromatic heterocycles. The molecule has 0 amide bonds. The summed E-state index contributed by atoms with van der Waals surface area (Å²) in [6.07, 6.45) is 6.88. The third-order valence-electron chi connectivity index (χ3n) is 6.08. The van der Waals surface area contributed by atoms with Crippen LogP contribution in [0.3, 0.4) is 0 Å². The van der Waals surface area contributed by atoms with Crippen molar-refractivity contribution >= 4 is 28.8 Å². The Morgan fingerprint density at radius 2 is 1.78 bits per heavy atom. The van der Waals surface area contributed by atoms with Crippen molar-refractivity contribution < 1.29 is 14.6 Å². The molecule has 12 nitrogen and oxygen atoms in total. The molecule has 1 aliphatic carbocycles. The summed E-state index contributed by atoms with van der Waals surface area (Å²) in [5.74, 6) is 1.01. The lowest BCUT2D eigenvalue weighted by Gasteiger charge is -2.40. The molecule has 36 heavy (non-hydrogen) atoms. The van der Waals surface area contributed by atoms with Gasteiger partial charge in [0.1, 0.15) is 0 Å². The van der Waals surface area contributed by atoms with E-state index >= 15 is 0 Å². The molecule has 188 valence electrons. The molecule has 1 aromatic carbocycles. The van der Waals surface area contributed by atoms with Crippen molar-refractivity contribution in [3.05, 3.63) is 62.5 Å². The summed E-state index contributed by atoms with van der Waals surface area (Å²) in [6.45, 7) is 4.53. The Hall–Kier alpha value is -3.58. The van der Waals surface area contributed by atoms with Crippen LogP contribution < -0.4 is 4.90 Å². The van der Waals surface area contributed by atoms with Crippen molar-refractivity contribution in [3.63, 3.8) is 0 Å². The molecular weight excluding hydrogens is 486 g/mol. The Labute approximate surface area is 211 Å². The first-order chi connectivity index (χ1) is 17.4. The maximum absolute atomic E-state index is 11.2. The molecule has 0 spiro atoms. The molecule has 0 atom stereocenters. The van der Waals surface area contributed by atoms with Crippen LogP contribution >= 0.6 is 11.8 Å². The first-order valence-corrected chi connectivity index (χ1v) is 12.7. The van der Waals surface area contributed by atoms with Crippen LogP contribution in [0.4, 0.5) is 17.1 Å². The van der Waals surface area contributed by atoms with Crippen LogP contribution in [0.5, 0.6) is 0 Å². The first-order valence-electron chi connectivity index (χ1n) is 11.8. The van der Waals surface area contributed by atoms with E-state index in [1.807, 2.05) is 6.20 Å². The van der Waals surface area contributed by atoms with Crippen molar-refractivity contribution in [2.75, 3.05) is 24.6 Å². The van der Waals surface area contributed by atoms with Gasteiger partial charge in [-0.15, -0.1) is 10.2 Å². The molecule has 1 aliphatic heterocycles. The zero-order valence-electron chi connectivity index (χ0n) is 19.6. The third kappa shape index (κ3) is 5.16. The fourth-order valence-electron chi connectivity index (χ4n) is 4.09. The Morgan fingerprint density at radius 3 is 2.42 bits per heavy atom. The molecule has 2 fully saturated rings. The molecule has 0 N–H and O–H groups in total. The number of nitro benzene ring substituents is 2. The van der Waals surface area contributed by atoms with Gasteiger partial charge in [-0.25, -0.2) is 0 Å². The third-order valence-corrected chi connectivity index (χ3v) is 7.10. The molecule has 5 rings (SSSR count). The second-order valence-corrected chi connectivity index (χ2v) is 9.84. The number of nitro groups is 2. The number of pyridine rings is 1. The van der Waals surface area contributed by atoms with Gasteiger partial charge < -0.3 is 9.64 Å². The zero-order valence-corrected chi connectivity index (χ0v) is 20.5. The van der Waals surface area contributed by atoms with E-state index in [1.54, 1.807) is 6.20 Å². The summed E-state index contributed by atoms with van der Waals surface area (Å²) in [7, 11) is 0. The van der Waals surface area contributed by atoms with E-state index in [1.165, 1.54) is 23.9 Å². The minimum absolute atomic E-state index is 0.247. The van der Waals surface area contributed by atoms with Crippen LogP contribution in [0, 0.1) is 20.2 Å².